The van der Waals surface area contributed by atoms with E-state index < -0.39 is 5.91 Å². The average molecular weight is 357 g/mol. The second-order valence-electron chi connectivity index (χ2n) is 5.73. The Balaban J connectivity index is 1.69. The predicted octanol–water partition coefficient (Wildman–Crippen LogP) is 3.80. The summed E-state index contributed by atoms with van der Waals surface area (Å²) in [5, 5.41) is 12.6. The molecule has 6 heteroatoms. The first-order valence-electron chi connectivity index (χ1n) is 8.03. The molecule has 1 atom stereocenters. The van der Waals surface area contributed by atoms with E-state index in [9.17, 15) is 10.1 Å². The topological polar surface area (TPSA) is 75.3 Å². The summed E-state index contributed by atoms with van der Waals surface area (Å²) in [6.45, 7) is 1.13. The fourth-order valence-electron chi connectivity index (χ4n) is 2.63. The molecule has 1 saturated heterocycles. The van der Waals surface area contributed by atoms with Gasteiger partial charge in [-0.05, 0) is 37.1 Å². The Morgan fingerprint density at radius 2 is 2.28 bits per heavy atom. The molecule has 0 radical (unpaired) electrons. The summed E-state index contributed by atoms with van der Waals surface area (Å²) in [5.74, 6) is 0.614. The van der Waals surface area contributed by atoms with Gasteiger partial charge in [-0.3, -0.25) is 4.79 Å². The van der Waals surface area contributed by atoms with Gasteiger partial charge >= 0.3 is 0 Å². The lowest BCUT2D eigenvalue weighted by atomic mass is 10.2. The predicted molar refractivity (Wildman–Crippen MR) is 94.7 cm³/mol. The van der Waals surface area contributed by atoms with Crippen LogP contribution in [0.5, 0.6) is 0 Å². The van der Waals surface area contributed by atoms with Crippen LogP contribution >= 0.6 is 11.6 Å². The molecule has 128 valence electrons. The lowest BCUT2D eigenvalue weighted by molar-refractivity contribution is -0.117. The van der Waals surface area contributed by atoms with Crippen molar-refractivity contribution in [2.75, 3.05) is 13.2 Å². The van der Waals surface area contributed by atoms with E-state index >= 15 is 0 Å². The Morgan fingerprint density at radius 3 is 3.00 bits per heavy atom. The van der Waals surface area contributed by atoms with E-state index in [4.69, 9.17) is 20.8 Å². The number of furan rings is 1. The number of benzene rings is 1. The zero-order valence-corrected chi connectivity index (χ0v) is 14.3. The summed E-state index contributed by atoms with van der Waals surface area (Å²) in [6.07, 6.45) is 3.38. The zero-order chi connectivity index (χ0) is 17.6. The minimum Gasteiger partial charge on any atom is -0.457 e. The van der Waals surface area contributed by atoms with Crippen molar-refractivity contribution < 1.29 is 13.9 Å². The second kappa shape index (κ2) is 8.02. The molecule has 1 aliphatic rings. The smallest absolute Gasteiger partial charge is 0.262 e. The standard InChI is InChI=1S/C19H17ClN2O3/c20-15-4-1-3-13(9-15)18-7-6-16(25-18)10-14(11-21)19(23)22-12-17-5-2-8-24-17/h1,3-4,6-7,9-10,17H,2,5,8,12H2,(H,22,23)/b14-10+/t17-/m1/s1. The Labute approximate surface area is 150 Å². The summed E-state index contributed by atoms with van der Waals surface area (Å²) in [6, 6.07) is 12.7. The third-order valence-corrected chi connectivity index (χ3v) is 4.14. The number of carbonyl (C=O) groups excluding carboxylic acids is 1. The van der Waals surface area contributed by atoms with Crippen molar-refractivity contribution in [2.24, 2.45) is 0 Å². The molecule has 5 nitrogen and oxygen atoms in total. The van der Waals surface area contributed by atoms with E-state index in [0.29, 0.717) is 23.1 Å². The molecule has 2 heterocycles. The van der Waals surface area contributed by atoms with Gasteiger partial charge in [0, 0.05) is 29.8 Å². The van der Waals surface area contributed by atoms with Crippen LogP contribution in [0.3, 0.4) is 0 Å². The molecule has 3 rings (SSSR count). The number of hydrogen-bond acceptors (Lipinski definition) is 4. The number of hydrogen-bond donors (Lipinski definition) is 1. The summed E-state index contributed by atoms with van der Waals surface area (Å²) < 4.78 is 11.1. The minimum absolute atomic E-state index is 0.00927. The van der Waals surface area contributed by atoms with Crippen molar-refractivity contribution in [2.45, 2.75) is 18.9 Å². The molecule has 1 N–H and O–H groups in total. The van der Waals surface area contributed by atoms with Gasteiger partial charge in [0.15, 0.2) is 0 Å². The molecular formula is C19H17ClN2O3. The molecule has 1 fully saturated rings. The molecule has 0 bridgehead atoms. The average Bonchev–Trinajstić information content (AvgIpc) is 3.29. The van der Waals surface area contributed by atoms with Gasteiger partial charge in [-0.1, -0.05) is 23.7 Å². The van der Waals surface area contributed by atoms with Crippen LogP contribution in [0.25, 0.3) is 17.4 Å². The number of nitriles is 1. The lowest BCUT2D eigenvalue weighted by Gasteiger charge is -2.09. The van der Waals surface area contributed by atoms with Crippen LogP contribution in [0.1, 0.15) is 18.6 Å². The highest BCUT2D eigenvalue weighted by atomic mass is 35.5. The maximum atomic E-state index is 12.1. The normalized spacial score (nSPS) is 17.3. The molecule has 1 amide bonds. The van der Waals surface area contributed by atoms with Crippen molar-refractivity contribution in [1.82, 2.24) is 5.32 Å². The fourth-order valence-corrected chi connectivity index (χ4v) is 2.82. The van der Waals surface area contributed by atoms with Crippen LogP contribution < -0.4 is 5.32 Å². The highest BCUT2D eigenvalue weighted by molar-refractivity contribution is 6.30. The largest absolute Gasteiger partial charge is 0.457 e. The van der Waals surface area contributed by atoms with Gasteiger partial charge in [0.25, 0.3) is 5.91 Å². The number of carbonyl (C=O) groups is 1. The molecule has 0 spiro atoms. The van der Waals surface area contributed by atoms with Gasteiger partial charge in [-0.15, -0.1) is 0 Å². The number of rotatable bonds is 5. The monoisotopic (exact) mass is 356 g/mol. The molecule has 2 aromatic rings. The van der Waals surface area contributed by atoms with E-state index in [1.807, 2.05) is 18.2 Å². The third kappa shape index (κ3) is 4.50. The molecule has 0 saturated carbocycles. The number of nitrogens with one attached hydrogen (secondary N) is 1. The van der Waals surface area contributed by atoms with Crippen LogP contribution in [0.4, 0.5) is 0 Å². The minimum atomic E-state index is -0.432. The van der Waals surface area contributed by atoms with E-state index in [2.05, 4.69) is 5.32 Å². The second-order valence-corrected chi connectivity index (χ2v) is 6.16. The first kappa shape index (κ1) is 17.3. The molecular weight excluding hydrogens is 340 g/mol. The Kier molecular flexibility index (Phi) is 5.54. The van der Waals surface area contributed by atoms with Crippen molar-refractivity contribution in [3.63, 3.8) is 0 Å². The Hall–Kier alpha value is -2.55. The summed E-state index contributed by atoms with van der Waals surface area (Å²) in [7, 11) is 0. The molecule has 0 unspecified atom stereocenters. The molecule has 1 aliphatic heterocycles. The molecule has 1 aromatic carbocycles. The van der Waals surface area contributed by atoms with E-state index in [0.717, 1.165) is 25.0 Å². The van der Waals surface area contributed by atoms with E-state index in [1.54, 1.807) is 24.3 Å². The highest BCUT2D eigenvalue weighted by Gasteiger charge is 2.18. The highest BCUT2D eigenvalue weighted by Crippen LogP contribution is 2.25. The Bertz CT molecular complexity index is 829. The van der Waals surface area contributed by atoms with Crippen LogP contribution in [-0.4, -0.2) is 25.2 Å². The maximum absolute atomic E-state index is 12.1. The van der Waals surface area contributed by atoms with Crippen molar-refractivity contribution in [3.8, 4) is 17.4 Å². The summed E-state index contributed by atoms with van der Waals surface area (Å²) in [5.41, 5.74) is 0.818. The summed E-state index contributed by atoms with van der Waals surface area (Å²) >= 11 is 5.98. The number of halogens is 1. The van der Waals surface area contributed by atoms with Gasteiger partial charge in [0.2, 0.25) is 0 Å². The van der Waals surface area contributed by atoms with Crippen LogP contribution in [0.2, 0.25) is 5.02 Å². The zero-order valence-electron chi connectivity index (χ0n) is 13.5. The van der Waals surface area contributed by atoms with Crippen LogP contribution in [0, 0.1) is 11.3 Å². The number of nitrogens with zero attached hydrogens (tertiary/aromatic N) is 1. The molecule has 0 aliphatic carbocycles. The van der Waals surface area contributed by atoms with Gasteiger partial charge in [0.1, 0.15) is 23.2 Å². The van der Waals surface area contributed by atoms with Crippen molar-refractivity contribution in [1.29, 1.82) is 5.26 Å². The number of amides is 1. The van der Waals surface area contributed by atoms with E-state index in [-0.39, 0.29) is 11.7 Å². The first-order chi connectivity index (χ1) is 12.2. The quantitative estimate of drug-likeness (QED) is 0.653. The first-order valence-corrected chi connectivity index (χ1v) is 8.41. The molecule has 25 heavy (non-hydrogen) atoms. The van der Waals surface area contributed by atoms with Gasteiger partial charge in [0.05, 0.1) is 6.10 Å². The summed E-state index contributed by atoms with van der Waals surface area (Å²) in [4.78, 5) is 12.1. The van der Waals surface area contributed by atoms with Gasteiger partial charge in [-0.2, -0.15) is 5.26 Å². The maximum Gasteiger partial charge on any atom is 0.262 e. The van der Waals surface area contributed by atoms with Gasteiger partial charge in [-0.25, -0.2) is 0 Å². The number of ether oxygens (including phenoxy) is 1. The van der Waals surface area contributed by atoms with Crippen molar-refractivity contribution >= 4 is 23.6 Å². The molecule has 1 aromatic heterocycles. The van der Waals surface area contributed by atoms with Gasteiger partial charge < -0.3 is 14.5 Å². The SMILES string of the molecule is N#C/C(=C\c1ccc(-c2cccc(Cl)c2)o1)C(=O)NC[C@H]1CCCO1. The lowest BCUT2D eigenvalue weighted by Crippen LogP contribution is -2.32. The van der Waals surface area contributed by atoms with Crippen molar-refractivity contribution in [3.05, 3.63) is 52.8 Å². The Morgan fingerprint density at radius 1 is 1.40 bits per heavy atom. The fraction of sp³-hybridized carbons (Fsp3) is 0.263. The van der Waals surface area contributed by atoms with E-state index in [1.165, 1.54) is 6.08 Å². The third-order valence-electron chi connectivity index (χ3n) is 3.90. The van der Waals surface area contributed by atoms with Crippen LogP contribution in [0.15, 0.2) is 46.4 Å². The van der Waals surface area contributed by atoms with Crippen LogP contribution in [-0.2, 0) is 9.53 Å².